The lowest BCUT2D eigenvalue weighted by Gasteiger charge is -2.34. The fraction of sp³-hybridized carbons (Fsp3) is 0.522. The van der Waals surface area contributed by atoms with Gasteiger partial charge in [0.25, 0.3) is 0 Å². The molecule has 0 radical (unpaired) electrons. The number of rotatable bonds is 7. The van der Waals surface area contributed by atoms with Crippen molar-refractivity contribution < 1.29 is 9.21 Å². The number of hydrogen-bond donors (Lipinski definition) is 2. The highest BCUT2D eigenvalue weighted by Crippen LogP contribution is 2.27. The zero-order valence-corrected chi connectivity index (χ0v) is 16.5. The molecule has 2 aromatic rings. The lowest BCUT2D eigenvalue weighted by molar-refractivity contribution is -0.119. The maximum Gasteiger partial charge on any atom is 0.227 e. The van der Waals surface area contributed by atoms with Gasteiger partial charge in [0.15, 0.2) is 0 Å². The van der Waals surface area contributed by atoms with Crippen LogP contribution in [0, 0.1) is 5.92 Å². The predicted molar refractivity (Wildman–Crippen MR) is 113 cm³/mol. The second-order valence-corrected chi connectivity index (χ2v) is 8.06. The van der Waals surface area contributed by atoms with Crippen LogP contribution in [-0.4, -0.2) is 31.6 Å². The SMILES string of the molecule is O=C(Nc1ccc(N2CCC(NCCc3ccco3)CC2)cc1)C1CCCC1. The van der Waals surface area contributed by atoms with Crippen molar-refractivity contribution in [3.8, 4) is 0 Å². The number of carbonyl (C=O) groups is 1. The van der Waals surface area contributed by atoms with Gasteiger partial charge in [0, 0.05) is 49.4 Å². The van der Waals surface area contributed by atoms with Crippen LogP contribution in [-0.2, 0) is 11.2 Å². The highest BCUT2D eigenvalue weighted by atomic mass is 16.3. The minimum atomic E-state index is 0.187. The monoisotopic (exact) mass is 381 g/mol. The first kappa shape index (κ1) is 19.1. The van der Waals surface area contributed by atoms with Crippen LogP contribution < -0.4 is 15.5 Å². The van der Waals surface area contributed by atoms with Crippen LogP contribution in [0.5, 0.6) is 0 Å². The molecule has 1 aliphatic carbocycles. The second kappa shape index (κ2) is 9.28. The van der Waals surface area contributed by atoms with Gasteiger partial charge in [-0.25, -0.2) is 0 Å². The minimum Gasteiger partial charge on any atom is -0.469 e. The number of anilines is 2. The number of nitrogens with one attached hydrogen (secondary N) is 2. The molecule has 28 heavy (non-hydrogen) atoms. The van der Waals surface area contributed by atoms with E-state index in [1.807, 2.05) is 24.3 Å². The Labute approximate surface area is 167 Å². The van der Waals surface area contributed by atoms with Crippen LogP contribution in [0.15, 0.2) is 47.1 Å². The summed E-state index contributed by atoms with van der Waals surface area (Å²) in [6.45, 7) is 3.09. The standard InChI is InChI=1S/C23H31N3O2/c27-23(18-4-1-2-5-18)25-20-7-9-21(10-8-20)26-15-12-19(13-16-26)24-14-11-22-6-3-17-28-22/h3,6-10,17-19,24H,1-2,4-5,11-16H2,(H,25,27). The van der Waals surface area contributed by atoms with E-state index in [9.17, 15) is 4.79 Å². The van der Waals surface area contributed by atoms with Crippen LogP contribution in [0.3, 0.4) is 0 Å². The fourth-order valence-corrected chi connectivity index (χ4v) is 4.38. The van der Waals surface area contributed by atoms with Gasteiger partial charge in [-0.3, -0.25) is 4.79 Å². The Balaban J connectivity index is 1.20. The van der Waals surface area contributed by atoms with Gasteiger partial charge in [0.05, 0.1) is 6.26 Å². The number of amides is 1. The van der Waals surface area contributed by atoms with E-state index in [-0.39, 0.29) is 11.8 Å². The van der Waals surface area contributed by atoms with Gasteiger partial charge in [-0.05, 0) is 62.1 Å². The molecule has 0 spiro atoms. The molecule has 0 bridgehead atoms. The third kappa shape index (κ3) is 4.96. The molecule has 4 rings (SSSR count). The van der Waals surface area contributed by atoms with E-state index in [1.54, 1.807) is 6.26 Å². The van der Waals surface area contributed by atoms with Crippen LogP contribution in [0.2, 0.25) is 0 Å². The molecule has 0 unspecified atom stereocenters. The van der Waals surface area contributed by atoms with E-state index >= 15 is 0 Å². The maximum atomic E-state index is 12.3. The minimum absolute atomic E-state index is 0.187. The van der Waals surface area contributed by atoms with Crippen molar-refractivity contribution in [1.29, 1.82) is 0 Å². The summed E-state index contributed by atoms with van der Waals surface area (Å²) in [7, 11) is 0. The quantitative estimate of drug-likeness (QED) is 0.754. The van der Waals surface area contributed by atoms with Crippen LogP contribution >= 0.6 is 0 Å². The van der Waals surface area contributed by atoms with Gasteiger partial charge in [-0.1, -0.05) is 12.8 Å². The number of benzene rings is 1. The summed E-state index contributed by atoms with van der Waals surface area (Å²) in [4.78, 5) is 14.7. The molecule has 2 N–H and O–H groups in total. The molecule has 5 nitrogen and oxygen atoms in total. The molecule has 1 saturated carbocycles. The molecule has 1 amide bonds. The number of carbonyl (C=O) groups excluding carboxylic acids is 1. The highest BCUT2D eigenvalue weighted by Gasteiger charge is 2.23. The Morgan fingerprint density at radius 2 is 1.79 bits per heavy atom. The van der Waals surface area contributed by atoms with Crippen LogP contribution in [0.4, 0.5) is 11.4 Å². The summed E-state index contributed by atoms with van der Waals surface area (Å²) >= 11 is 0. The van der Waals surface area contributed by atoms with Crippen molar-refractivity contribution >= 4 is 17.3 Å². The largest absolute Gasteiger partial charge is 0.469 e. The van der Waals surface area contributed by atoms with Gasteiger partial charge in [-0.2, -0.15) is 0 Å². The first-order valence-corrected chi connectivity index (χ1v) is 10.7. The van der Waals surface area contributed by atoms with E-state index in [2.05, 4.69) is 27.7 Å². The molecule has 2 heterocycles. The topological polar surface area (TPSA) is 57.5 Å². The number of piperidine rings is 1. The summed E-state index contributed by atoms with van der Waals surface area (Å²) in [5.74, 6) is 1.44. The van der Waals surface area contributed by atoms with Gasteiger partial charge in [-0.15, -0.1) is 0 Å². The number of nitrogens with zero attached hydrogens (tertiary/aromatic N) is 1. The van der Waals surface area contributed by atoms with Crippen molar-refractivity contribution in [2.75, 3.05) is 29.9 Å². The zero-order valence-electron chi connectivity index (χ0n) is 16.5. The molecule has 0 atom stereocenters. The lowest BCUT2D eigenvalue weighted by Crippen LogP contribution is -2.43. The van der Waals surface area contributed by atoms with Crippen molar-refractivity contribution in [2.45, 2.75) is 51.0 Å². The van der Waals surface area contributed by atoms with E-state index in [0.29, 0.717) is 6.04 Å². The van der Waals surface area contributed by atoms with Crippen molar-refractivity contribution in [1.82, 2.24) is 5.32 Å². The molecule has 1 aromatic heterocycles. The average molecular weight is 382 g/mol. The van der Waals surface area contributed by atoms with Crippen LogP contribution in [0.1, 0.15) is 44.3 Å². The van der Waals surface area contributed by atoms with Crippen molar-refractivity contribution in [3.63, 3.8) is 0 Å². The molecule has 1 aliphatic heterocycles. The third-order valence-corrected chi connectivity index (χ3v) is 6.11. The summed E-state index contributed by atoms with van der Waals surface area (Å²) in [6.07, 6.45) is 9.43. The van der Waals surface area contributed by atoms with Gasteiger partial charge >= 0.3 is 0 Å². The highest BCUT2D eigenvalue weighted by molar-refractivity contribution is 5.92. The van der Waals surface area contributed by atoms with Gasteiger partial charge in [0.2, 0.25) is 5.91 Å². The molecular formula is C23H31N3O2. The second-order valence-electron chi connectivity index (χ2n) is 8.06. The molecule has 2 aliphatic rings. The molecule has 5 heteroatoms. The Bertz CT molecular complexity index is 728. The Morgan fingerprint density at radius 3 is 2.46 bits per heavy atom. The van der Waals surface area contributed by atoms with Crippen molar-refractivity contribution in [2.24, 2.45) is 5.92 Å². The average Bonchev–Trinajstić information content (AvgIpc) is 3.44. The molecule has 1 aromatic carbocycles. The lowest BCUT2D eigenvalue weighted by atomic mass is 10.0. The van der Waals surface area contributed by atoms with E-state index < -0.39 is 0 Å². The molecule has 150 valence electrons. The molecule has 1 saturated heterocycles. The van der Waals surface area contributed by atoms with E-state index in [1.165, 1.54) is 18.5 Å². The van der Waals surface area contributed by atoms with Crippen molar-refractivity contribution in [3.05, 3.63) is 48.4 Å². The number of furan rings is 1. The summed E-state index contributed by atoms with van der Waals surface area (Å²) in [6, 6.07) is 12.9. The van der Waals surface area contributed by atoms with E-state index in [4.69, 9.17) is 4.42 Å². The number of hydrogen-bond acceptors (Lipinski definition) is 4. The Kier molecular flexibility index (Phi) is 6.32. The van der Waals surface area contributed by atoms with Gasteiger partial charge < -0.3 is 20.0 Å². The molecular weight excluding hydrogens is 350 g/mol. The van der Waals surface area contributed by atoms with Gasteiger partial charge in [0.1, 0.15) is 5.76 Å². The first-order chi connectivity index (χ1) is 13.8. The summed E-state index contributed by atoms with van der Waals surface area (Å²) in [5.41, 5.74) is 2.16. The third-order valence-electron chi connectivity index (χ3n) is 6.11. The smallest absolute Gasteiger partial charge is 0.227 e. The van der Waals surface area contributed by atoms with Crippen LogP contribution in [0.25, 0.3) is 0 Å². The zero-order chi connectivity index (χ0) is 19.2. The first-order valence-electron chi connectivity index (χ1n) is 10.7. The fourth-order valence-electron chi connectivity index (χ4n) is 4.38. The molecule has 2 fully saturated rings. The maximum absolute atomic E-state index is 12.3. The van der Waals surface area contributed by atoms with E-state index in [0.717, 1.165) is 63.2 Å². The Morgan fingerprint density at radius 1 is 1.04 bits per heavy atom. The predicted octanol–water partition coefficient (Wildman–Crippen LogP) is 4.21. The normalized spacial score (nSPS) is 18.5. The summed E-state index contributed by atoms with van der Waals surface area (Å²) in [5, 5.41) is 6.74. The Hall–Kier alpha value is -2.27. The summed E-state index contributed by atoms with van der Waals surface area (Å²) < 4.78 is 5.39.